The highest BCUT2D eigenvalue weighted by Gasteiger charge is 2.57. The summed E-state index contributed by atoms with van der Waals surface area (Å²) in [5.41, 5.74) is 6.53. The van der Waals surface area contributed by atoms with Crippen LogP contribution in [0, 0.1) is 0 Å². The highest BCUT2D eigenvalue weighted by molar-refractivity contribution is 5.93. The summed E-state index contributed by atoms with van der Waals surface area (Å²) >= 11 is 0. The van der Waals surface area contributed by atoms with E-state index in [0.717, 1.165) is 47.2 Å². The average Bonchev–Trinajstić information content (AvgIpc) is 0.806. The van der Waals surface area contributed by atoms with Crippen LogP contribution in [0.4, 0.5) is 11.4 Å². The van der Waals surface area contributed by atoms with Crippen LogP contribution in [0.1, 0.15) is 63.5 Å². The highest BCUT2D eigenvalue weighted by atomic mass is 16.7. The first-order chi connectivity index (χ1) is 44.9. The Labute approximate surface area is 541 Å². The topological polar surface area (TPSA) is 432 Å². The summed E-state index contributed by atoms with van der Waals surface area (Å²) in [5, 5.41) is 109. The summed E-state index contributed by atoms with van der Waals surface area (Å²) in [7, 11) is 0. The fraction of sp³-hybridized carbons (Fsp3) is 0.424. The molecule has 94 heavy (non-hydrogen) atoms. The molecule has 12 atom stereocenters. The lowest BCUT2D eigenvalue weighted by atomic mass is 9.88. The molecule has 28 heteroatoms. The maximum absolute atomic E-state index is 12.9. The summed E-state index contributed by atoms with van der Waals surface area (Å²) in [5.74, 6) is -12.7. The van der Waals surface area contributed by atoms with Crippen molar-refractivity contribution in [3.63, 3.8) is 0 Å². The normalized spacial score (nSPS) is 22.3. The second-order valence-electron chi connectivity index (χ2n) is 22.9. The van der Waals surface area contributed by atoms with Gasteiger partial charge in [0.15, 0.2) is 0 Å². The van der Waals surface area contributed by atoms with E-state index < -0.39 is 146 Å². The number of rotatable bonds is 34. The van der Waals surface area contributed by atoms with Crippen LogP contribution in [0.15, 0.2) is 133 Å². The number of hydrogen-bond acceptors (Lipinski definition) is 20. The van der Waals surface area contributed by atoms with Crippen LogP contribution < -0.4 is 42.5 Å². The van der Waals surface area contributed by atoms with Gasteiger partial charge < -0.3 is 102 Å². The Morgan fingerprint density at radius 1 is 0.489 bits per heavy atom. The molecule has 5 aromatic carbocycles. The lowest BCUT2D eigenvalue weighted by Gasteiger charge is -2.46. The Hall–Kier alpha value is -8.62. The van der Waals surface area contributed by atoms with Crippen LogP contribution in [0.25, 0.3) is 22.3 Å². The van der Waals surface area contributed by atoms with Gasteiger partial charge in [0.2, 0.25) is 35.4 Å². The largest absolute Gasteiger partial charge is 0.477 e. The van der Waals surface area contributed by atoms with Gasteiger partial charge in [-0.05, 0) is 70.5 Å². The predicted octanol–water partition coefficient (Wildman–Crippen LogP) is 0.618. The smallest absolute Gasteiger partial charge is 0.364 e. The Morgan fingerprint density at radius 2 is 0.830 bits per heavy atom. The molecule has 0 spiro atoms. The molecule has 2 fully saturated rings. The molecule has 506 valence electrons. The minimum atomic E-state index is -2.70. The van der Waals surface area contributed by atoms with Gasteiger partial charge in [-0.3, -0.25) is 28.8 Å². The van der Waals surface area contributed by atoms with Crippen molar-refractivity contribution in [1.82, 2.24) is 31.9 Å². The number of benzene rings is 5. The molecule has 0 bridgehead atoms. The SMILES string of the molecule is CC(=O)N[C@@H]1[C@@H](O)C[C@](OCC(=O)NCCCC(=O)Nc2ccc(NC(=O)CCCNC(=O)CO[C@]3(C(=O)O)C[C@H](O)[C@@H](NC(C)=O)[C@H](C(O)[C@H](O)CNCc4ccc(-c5ccccc5)cc4)O3)cc2)(C(=O)O)O[C@H]1C(O)[C@H](O)CNCc1ccc(-c2ccccc2)cc1. The fourth-order valence-electron chi connectivity index (χ4n) is 10.7. The maximum Gasteiger partial charge on any atom is 0.364 e. The van der Waals surface area contributed by atoms with Crippen molar-refractivity contribution in [3.8, 4) is 22.3 Å². The highest BCUT2D eigenvalue weighted by Crippen LogP contribution is 2.35. The van der Waals surface area contributed by atoms with E-state index in [1.807, 2.05) is 109 Å². The third-order valence-electron chi connectivity index (χ3n) is 15.6. The first-order valence-electron chi connectivity index (χ1n) is 30.6. The summed E-state index contributed by atoms with van der Waals surface area (Å²) in [6.07, 6.45) is -15.2. The molecule has 2 saturated heterocycles. The lowest BCUT2D eigenvalue weighted by molar-refractivity contribution is -0.308. The molecular formula is C66H82N8O20. The number of aliphatic hydroxyl groups is 6. The van der Waals surface area contributed by atoms with Gasteiger partial charge in [0.1, 0.15) is 37.6 Å². The van der Waals surface area contributed by atoms with E-state index in [9.17, 15) is 79.2 Å². The van der Waals surface area contributed by atoms with Gasteiger partial charge in [0.25, 0.3) is 11.6 Å². The summed E-state index contributed by atoms with van der Waals surface area (Å²) in [6, 6.07) is 38.1. The molecule has 5 aromatic rings. The summed E-state index contributed by atoms with van der Waals surface area (Å²) in [6.45, 7) is 0.493. The zero-order chi connectivity index (χ0) is 68.0. The molecule has 2 aliphatic rings. The molecule has 2 heterocycles. The Bertz CT molecular complexity index is 3100. The number of hydrogen-bond donors (Lipinski definition) is 16. The Kier molecular flexibility index (Phi) is 27.1. The van der Waals surface area contributed by atoms with Crippen molar-refractivity contribution >= 4 is 58.8 Å². The van der Waals surface area contributed by atoms with E-state index in [0.29, 0.717) is 11.4 Å². The third kappa shape index (κ3) is 21.2. The molecule has 7 rings (SSSR count). The van der Waals surface area contributed by atoms with E-state index in [-0.39, 0.29) is 65.0 Å². The third-order valence-corrected chi connectivity index (χ3v) is 15.6. The number of carbonyl (C=O) groups excluding carboxylic acids is 6. The molecule has 0 saturated carbocycles. The molecule has 28 nitrogen and oxygen atoms in total. The van der Waals surface area contributed by atoms with Crippen LogP contribution in [0.2, 0.25) is 0 Å². The van der Waals surface area contributed by atoms with E-state index in [4.69, 9.17) is 18.9 Å². The molecule has 0 radical (unpaired) electrons. The first-order valence-corrected chi connectivity index (χ1v) is 30.6. The number of anilines is 2. The van der Waals surface area contributed by atoms with E-state index >= 15 is 0 Å². The Morgan fingerprint density at radius 3 is 1.16 bits per heavy atom. The number of carbonyl (C=O) groups is 8. The first kappa shape index (κ1) is 72.8. The number of aliphatic hydroxyl groups excluding tert-OH is 6. The molecule has 2 unspecified atom stereocenters. The zero-order valence-corrected chi connectivity index (χ0v) is 51.9. The number of ether oxygens (including phenoxy) is 4. The van der Waals surface area contributed by atoms with Crippen LogP contribution in [0.5, 0.6) is 0 Å². The number of aliphatic carboxylic acids is 2. The van der Waals surface area contributed by atoms with Crippen molar-refractivity contribution < 1.29 is 98.2 Å². The molecule has 2 aliphatic heterocycles. The minimum absolute atomic E-state index is 0.0523. The number of carboxylic acid groups (broad SMARTS) is 2. The van der Waals surface area contributed by atoms with Crippen molar-refractivity contribution in [2.75, 3.05) is 50.0 Å². The zero-order valence-electron chi connectivity index (χ0n) is 51.9. The molecule has 6 amide bonds. The summed E-state index contributed by atoms with van der Waals surface area (Å²) in [4.78, 5) is 101. The van der Waals surface area contributed by atoms with E-state index in [2.05, 4.69) is 42.5 Å². The molecular weight excluding hydrogens is 1220 g/mol. The second-order valence-corrected chi connectivity index (χ2v) is 22.9. The van der Waals surface area contributed by atoms with E-state index in [1.165, 1.54) is 24.3 Å². The molecule has 0 aromatic heterocycles. The minimum Gasteiger partial charge on any atom is -0.477 e. The van der Waals surface area contributed by atoms with Gasteiger partial charge in [0, 0.05) is 90.2 Å². The van der Waals surface area contributed by atoms with Gasteiger partial charge in [-0.15, -0.1) is 0 Å². The number of amides is 6. The predicted molar refractivity (Wildman–Crippen MR) is 338 cm³/mol. The number of carboxylic acids is 2. The van der Waals surface area contributed by atoms with Crippen molar-refractivity contribution in [2.45, 2.75) is 138 Å². The quantitative estimate of drug-likeness (QED) is 0.0251. The van der Waals surface area contributed by atoms with Crippen molar-refractivity contribution in [2.24, 2.45) is 0 Å². The lowest BCUT2D eigenvalue weighted by Crippen LogP contribution is -2.68. The monoisotopic (exact) mass is 1310 g/mol. The van der Waals surface area contributed by atoms with Crippen LogP contribution in [-0.4, -0.2) is 200 Å². The molecule has 16 N–H and O–H groups in total. The van der Waals surface area contributed by atoms with E-state index in [1.54, 1.807) is 0 Å². The van der Waals surface area contributed by atoms with Gasteiger partial charge in [-0.1, -0.05) is 109 Å². The van der Waals surface area contributed by atoms with Gasteiger partial charge in [-0.2, -0.15) is 0 Å². The van der Waals surface area contributed by atoms with Crippen LogP contribution >= 0.6 is 0 Å². The average molecular weight is 1310 g/mol. The van der Waals surface area contributed by atoms with Crippen LogP contribution in [0.3, 0.4) is 0 Å². The maximum atomic E-state index is 12.9. The van der Waals surface area contributed by atoms with Gasteiger partial charge >= 0.3 is 11.9 Å². The fourth-order valence-corrected chi connectivity index (χ4v) is 10.7. The second kappa shape index (κ2) is 35.0. The van der Waals surface area contributed by atoms with Gasteiger partial charge in [-0.25, -0.2) is 9.59 Å². The molecule has 0 aliphatic carbocycles. The van der Waals surface area contributed by atoms with Crippen LogP contribution in [-0.2, 0) is 70.4 Å². The standard InChI is InChI=1S/C66H82N8O20/c1-39(75)71-57-49(77)31-65(63(87)88,93-61(57)59(85)51(79)35-67-33-41-17-21-45(22-18-41)43-11-5-3-6-12-43)91-37-55(83)69-29-9-15-53(81)73-47-25-27-48(28-26-47)74-54(82)16-10-30-70-56(84)38-92-66(64(89)90)32-50(78)58(72-40(2)76)62(94-66)60(86)52(80)36-68-34-42-19-23-46(24-20-42)44-13-7-4-8-14-44/h3-8,11-14,17-28,49-52,57-62,67-68,77-80,85-86H,9-10,15-16,29-38H2,1-2H3,(H,69,83)(H,70,84)(H,71,75)(H,72,76)(H,73,81)(H,74,82)(H,87,88)(H,89,90)/t49-,50-,51+,52+,57+,58+,59?,60?,61+,62+,65+,66+/m0/s1. The number of nitrogens with one attached hydrogen (secondary N) is 8. The summed E-state index contributed by atoms with van der Waals surface area (Å²) < 4.78 is 22.5. The van der Waals surface area contributed by atoms with Crippen molar-refractivity contribution in [1.29, 1.82) is 0 Å². The van der Waals surface area contributed by atoms with Crippen molar-refractivity contribution in [3.05, 3.63) is 145 Å². The Balaban J connectivity index is 0.783. The van der Waals surface area contributed by atoms with Gasteiger partial charge in [0.05, 0.1) is 36.5 Å².